The fourth-order valence-electron chi connectivity index (χ4n) is 2.49. The molecule has 4 nitrogen and oxygen atoms in total. The average Bonchev–Trinajstić information content (AvgIpc) is 2.47. The summed E-state index contributed by atoms with van der Waals surface area (Å²) in [6, 6.07) is 8.30. The predicted molar refractivity (Wildman–Crippen MR) is 76.7 cm³/mol. The topological polar surface area (TPSA) is 35.9 Å². The molecule has 19 heavy (non-hydrogen) atoms. The smallest absolute Gasteiger partial charge is 0.119 e. The molecule has 1 aliphatic heterocycles. The lowest BCUT2D eigenvalue weighted by molar-refractivity contribution is 0.113. The van der Waals surface area contributed by atoms with E-state index in [0.29, 0.717) is 0 Å². The number of methoxy groups -OCH3 is 1. The standard InChI is InChI=1S/C15H24N2O2/c1-19-15-4-2-3-14(13-15)5-6-16-7-9-17(10-8-16)11-12-18/h2-4,13,18H,5-12H2,1H3. The Balaban J connectivity index is 1.74. The summed E-state index contributed by atoms with van der Waals surface area (Å²) in [6.07, 6.45) is 1.07. The van der Waals surface area contributed by atoms with Crippen LogP contribution in [-0.2, 0) is 6.42 Å². The Morgan fingerprint density at radius 3 is 2.42 bits per heavy atom. The van der Waals surface area contributed by atoms with Gasteiger partial charge in [-0.15, -0.1) is 0 Å². The first-order chi connectivity index (χ1) is 9.31. The van der Waals surface area contributed by atoms with Crippen molar-refractivity contribution in [1.82, 2.24) is 9.80 Å². The maximum absolute atomic E-state index is 8.92. The molecule has 1 aliphatic rings. The second-order valence-corrected chi connectivity index (χ2v) is 5.01. The van der Waals surface area contributed by atoms with Gasteiger partial charge in [0.1, 0.15) is 5.75 Å². The highest BCUT2D eigenvalue weighted by molar-refractivity contribution is 5.28. The van der Waals surface area contributed by atoms with Crippen LogP contribution in [0.1, 0.15) is 5.56 Å². The lowest BCUT2D eigenvalue weighted by Crippen LogP contribution is -2.47. The number of piperazine rings is 1. The van der Waals surface area contributed by atoms with E-state index >= 15 is 0 Å². The normalized spacial score (nSPS) is 17.6. The third-order valence-corrected chi connectivity index (χ3v) is 3.73. The third kappa shape index (κ3) is 4.49. The molecule has 0 atom stereocenters. The molecule has 1 N–H and O–H groups in total. The van der Waals surface area contributed by atoms with Gasteiger partial charge in [-0.25, -0.2) is 0 Å². The lowest BCUT2D eigenvalue weighted by atomic mass is 10.1. The molecule has 1 aromatic rings. The molecule has 1 aromatic carbocycles. The molecule has 1 fully saturated rings. The van der Waals surface area contributed by atoms with Crippen molar-refractivity contribution in [1.29, 1.82) is 0 Å². The zero-order valence-electron chi connectivity index (χ0n) is 11.7. The average molecular weight is 264 g/mol. The Morgan fingerprint density at radius 1 is 1.11 bits per heavy atom. The van der Waals surface area contributed by atoms with Gasteiger partial charge in [-0.3, -0.25) is 4.90 Å². The van der Waals surface area contributed by atoms with E-state index in [1.165, 1.54) is 5.56 Å². The van der Waals surface area contributed by atoms with Crippen molar-refractivity contribution >= 4 is 0 Å². The highest BCUT2D eigenvalue weighted by atomic mass is 16.5. The fraction of sp³-hybridized carbons (Fsp3) is 0.600. The first-order valence-electron chi connectivity index (χ1n) is 7.00. The molecule has 0 bridgehead atoms. The number of rotatable bonds is 6. The molecule has 4 heteroatoms. The van der Waals surface area contributed by atoms with Crippen LogP contribution in [0.4, 0.5) is 0 Å². The van der Waals surface area contributed by atoms with Gasteiger partial charge in [0, 0.05) is 39.3 Å². The van der Waals surface area contributed by atoms with E-state index in [1.807, 2.05) is 12.1 Å². The van der Waals surface area contributed by atoms with Crippen molar-refractivity contribution in [3.8, 4) is 5.75 Å². The Kier molecular flexibility index (Phi) is 5.63. The maximum atomic E-state index is 8.92. The molecule has 1 saturated heterocycles. The number of β-amino-alcohol motifs (C(OH)–C–C–N with tert-alkyl or cyclic N) is 1. The van der Waals surface area contributed by atoms with E-state index in [0.717, 1.165) is 51.4 Å². The Bertz CT molecular complexity index is 376. The van der Waals surface area contributed by atoms with Crippen molar-refractivity contribution in [2.45, 2.75) is 6.42 Å². The number of aliphatic hydroxyl groups excluding tert-OH is 1. The number of benzene rings is 1. The quantitative estimate of drug-likeness (QED) is 0.826. The second-order valence-electron chi connectivity index (χ2n) is 5.01. The van der Waals surface area contributed by atoms with Gasteiger partial charge in [-0.1, -0.05) is 12.1 Å². The first kappa shape index (κ1) is 14.3. The summed E-state index contributed by atoms with van der Waals surface area (Å²) in [5.41, 5.74) is 1.33. The van der Waals surface area contributed by atoms with Gasteiger partial charge >= 0.3 is 0 Å². The summed E-state index contributed by atoms with van der Waals surface area (Å²) in [5, 5.41) is 8.92. The summed E-state index contributed by atoms with van der Waals surface area (Å²) < 4.78 is 5.24. The molecule has 1 heterocycles. The van der Waals surface area contributed by atoms with Crippen LogP contribution >= 0.6 is 0 Å². The van der Waals surface area contributed by atoms with Crippen LogP contribution in [0.25, 0.3) is 0 Å². The monoisotopic (exact) mass is 264 g/mol. The summed E-state index contributed by atoms with van der Waals surface area (Å²) >= 11 is 0. The van der Waals surface area contributed by atoms with Gasteiger partial charge in [0.15, 0.2) is 0 Å². The van der Waals surface area contributed by atoms with E-state index in [2.05, 4.69) is 21.9 Å². The zero-order valence-corrected chi connectivity index (χ0v) is 11.7. The minimum atomic E-state index is 0.268. The van der Waals surface area contributed by atoms with E-state index in [-0.39, 0.29) is 6.61 Å². The molecular weight excluding hydrogens is 240 g/mol. The Hall–Kier alpha value is -1.10. The minimum Gasteiger partial charge on any atom is -0.497 e. The van der Waals surface area contributed by atoms with Crippen LogP contribution < -0.4 is 4.74 Å². The second kappa shape index (κ2) is 7.48. The van der Waals surface area contributed by atoms with E-state index in [1.54, 1.807) is 7.11 Å². The van der Waals surface area contributed by atoms with Gasteiger partial charge in [-0.2, -0.15) is 0 Å². The van der Waals surface area contributed by atoms with E-state index < -0.39 is 0 Å². The number of nitrogens with zero attached hydrogens (tertiary/aromatic N) is 2. The lowest BCUT2D eigenvalue weighted by Gasteiger charge is -2.34. The third-order valence-electron chi connectivity index (χ3n) is 3.73. The van der Waals surface area contributed by atoms with E-state index in [9.17, 15) is 0 Å². The molecule has 0 aromatic heterocycles. The van der Waals surface area contributed by atoms with Crippen LogP contribution in [0.15, 0.2) is 24.3 Å². The predicted octanol–water partition coefficient (Wildman–Crippen LogP) is 0.848. The van der Waals surface area contributed by atoms with Crippen LogP contribution in [0.2, 0.25) is 0 Å². The molecule has 0 saturated carbocycles. The fourth-order valence-corrected chi connectivity index (χ4v) is 2.49. The number of aliphatic hydroxyl groups is 1. The van der Waals surface area contributed by atoms with Gasteiger partial charge in [-0.05, 0) is 24.1 Å². The molecule has 2 rings (SSSR count). The molecule has 0 amide bonds. The van der Waals surface area contributed by atoms with Crippen LogP contribution in [0, 0.1) is 0 Å². The highest BCUT2D eigenvalue weighted by Gasteiger charge is 2.15. The van der Waals surface area contributed by atoms with Crippen molar-refractivity contribution in [2.75, 3.05) is 53.0 Å². The number of ether oxygens (including phenoxy) is 1. The van der Waals surface area contributed by atoms with Crippen LogP contribution in [0.3, 0.4) is 0 Å². The summed E-state index contributed by atoms with van der Waals surface area (Å²) in [6.45, 7) is 6.51. The SMILES string of the molecule is COc1cccc(CCN2CCN(CCO)CC2)c1. The maximum Gasteiger partial charge on any atom is 0.119 e. The molecular formula is C15H24N2O2. The number of hydrogen-bond acceptors (Lipinski definition) is 4. The van der Waals surface area contributed by atoms with Crippen molar-refractivity contribution in [2.24, 2.45) is 0 Å². The highest BCUT2D eigenvalue weighted by Crippen LogP contribution is 2.13. The van der Waals surface area contributed by atoms with Crippen molar-refractivity contribution < 1.29 is 9.84 Å². The molecule has 0 radical (unpaired) electrons. The molecule has 0 aliphatic carbocycles. The Morgan fingerprint density at radius 2 is 1.79 bits per heavy atom. The van der Waals surface area contributed by atoms with Crippen molar-refractivity contribution in [3.05, 3.63) is 29.8 Å². The van der Waals surface area contributed by atoms with E-state index in [4.69, 9.17) is 9.84 Å². The summed E-state index contributed by atoms with van der Waals surface area (Å²) in [5.74, 6) is 0.935. The van der Waals surface area contributed by atoms with Gasteiger partial charge < -0.3 is 14.7 Å². The first-order valence-corrected chi connectivity index (χ1v) is 7.00. The zero-order chi connectivity index (χ0) is 13.5. The molecule has 0 spiro atoms. The van der Waals surface area contributed by atoms with Gasteiger partial charge in [0.2, 0.25) is 0 Å². The number of hydrogen-bond donors (Lipinski definition) is 1. The molecule has 106 valence electrons. The van der Waals surface area contributed by atoms with Crippen LogP contribution in [0.5, 0.6) is 5.75 Å². The Labute approximate surface area is 115 Å². The van der Waals surface area contributed by atoms with Gasteiger partial charge in [0.05, 0.1) is 13.7 Å². The van der Waals surface area contributed by atoms with Gasteiger partial charge in [0.25, 0.3) is 0 Å². The minimum absolute atomic E-state index is 0.268. The largest absolute Gasteiger partial charge is 0.497 e. The molecule has 0 unspecified atom stereocenters. The van der Waals surface area contributed by atoms with Crippen LogP contribution in [-0.4, -0.2) is 67.9 Å². The van der Waals surface area contributed by atoms with Crippen molar-refractivity contribution in [3.63, 3.8) is 0 Å². The summed E-state index contributed by atoms with van der Waals surface area (Å²) in [7, 11) is 1.71. The summed E-state index contributed by atoms with van der Waals surface area (Å²) in [4.78, 5) is 4.81.